The topological polar surface area (TPSA) is 50.4 Å². The quantitative estimate of drug-likeness (QED) is 0.885. The summed E-state index contributed by atoms with van der Waals surface area (Å²) in [4.78, 5) is 12.1. The van der Waals surface area contributed by atoms with Crippen molar-refractivity contribution in [1.82, 2.24) is 0 Å². The average molecular weight is 288 g/mol. The van der Waals surface area contributed by atoms with Crippen molar-refractivity contribution in [2.75, 3.05) is 24.3 Å². The normalized spacial score (nSPS) is 10.0. The number of amides is 1. The number of rotatable bonds is 5. The third-order valence-electron chi connectivity index (χ3n) is 2.95. The summed E-state index contributed by atoms with van der Waals surface area (Å²) < 4.78 is 18.7. The number of methoxy groups -OCH3 is 1. The van der Waals surface area contributed by atoms with Crippen LogP contribution in [-0.4, -0.2) is 19.6 Å². The van der Waals surface area contributed by atoms with Crippen LogP contribution in [0.15, 0.2) is 42.5 Å². The Hall–Kier alpha value is -2.56. The van der Waals surface area contributed by atoms with Gasteiger partial charge in [-0.15, -0.1) is 0 Å². The van der Waals surface area contributed by atoms with Gasteiger partial charge in [0.1, 0.15) is 11.6 Å². The average Bonchev–Trinajstić information content (AvgIpc) is 2.50. The molecule has 0 aliphatic heterocycles. The van der Waals surface area contributed by atoms with Crippen LogP contribution in [0.4, 0.5) is 15.8 Å². The number of halogens is 1. The molecule has 2 aromatic carbocycles. The fourth-order valence-corrected chi connectivity index (χ4v) is 1.87. The third kappa shape index (κ3) is 3.72. The zero-order valence-electron chi connectivity index (χ0n) is 11.9. The largest absolute Gasteiger partial charge is 0.497 e. The number of carbonyl (C=O) groups is 1. The van der Waals surface area contributed by atoms with E-state index in [1.165, 1.54) is 25.3 Å². The minimum atomic E-state index is -0.506. The number of benzene rings is 2. The van der Waals surface area contributed by atoms with E-state index in [4.69, 9.17) is 4.74 Å². The lowest BCUT2D eigenvalue weighted by molar-refractivity contribution is 0.102. The number of ether oxygens (including phenoxy) is 1. The standard InChI is InChI=1S/C16H17FN2O2/c1-3-18-12-6-4-11(5-7-12)16(20)19-15-10-13(21-2)8-9-14(15)17/h4-10,18H,3H2,1-2H3,(H,19,20). The molecule has 4 nitrogen and oxygen atoms in total. The first kappa shape index (κ1) is 14.8. The SMILES string of the molecule is CCNc1ccc(C(=O)Nc2cc(OC)ccc2F)cc1. The monoisotopic (exact) mass is 288 g/mol. The molecule has 2 aromatic rings. The first-order valence-electron chi connectivity index (χ1n) is 6.63. The maximum Gasteiger partial charge on any atom is 0.255 e. The van der Waals surface area contributed by atoms with Crippen molar-refractivity contribution in [3.05, 3.63) is 53.8 Å². The van der Waals surface area contributed by atoms with Crippen LogP contribution in [-0.2, 0) is 0 Å². The zero-order chi connectivity index (χ0) is 15.2. The summed E-state index contributed by atoms with van der Waals surface area (Å²) in [6, 6.07) is 11.2. The number of nitrogens with one attached hydrogen (secondary N) is 2. The maximum absolute atomic E-state index is 13.7. The van der Waals surface area contributed by atoms with E-state index in [0.29, 0.717) is 11.3 Å². The summed E-state index contributed by atoms with van der Waals surface area (Å²) in [7, 11) is 1.48. The highest BCUT2D eigenvalue weighted by Gasteiger charge is 2.10. The van der Waals surface area contributed by atoms with Crippen LogP contribution in [0.2, 0.25) is 0 Å². The molecule has 0 bridgehead atoms. The van der Waals surface area contributed by atoms with Crippen molar-refractivity contribution in [3.63, 3.8) is 0 Å². The Morgan fingerprint density at radius 1 is 1.19 bits per heavy atom. The van der Waals surface area contributed by atoms with Crippen LogP contribution < -0.4 is 15.4 Å². The fraction of sp³-hybridized carbons (Fsp3) is 0.188. The molecule has 0 radical (unpaired) electrons. The molecule has 0 fully saturated rings. The van der Waals surface area contributed by atoms with Gasteiger partial charge in [0.15, 0.2) is 0 Å². The van der Waals surface area contributed by atoms with E-state index in [9.17, 15) is 9.18 Å². The molecule has 110 valence electrons. The van der Waals surface area contributed by atoms with Crippen LogP contribution in [0.25, 0.3) is 0 Å². The van der Waals surface area contributed by atoms with Crippen LogP contribution in [0.5, 0.6) is 5.75 Å². The van der Waals surface area contributed by atoms with Gasteiger partial charge >= 0.3 is 0 Å². The third-order valence-corrected chi connectivity index (χ3v) is 2.95. The first-order chi connectivity index (χ1) is 10.1. The van der Waals surface area contributed by atoms with Gasteiger partial charge in [0.2, 0.25) is 0 Å². The smallest absolute Gasteiger partial charge is 0.255 e. The summed E-state index contributed by atoms with van der Waals surface area (Å²) in [6.07, 6.45) is 0. The van der Waals surface area contributed by atoms with E-state index < -0.39 is 5.82 Å². The summed E-state index contributed by atoms with van der Waals surface area (Å²) in [5.41, 5.74) is 1.48. The number of hydrogen-bond donors (Lipinski definition) is 2. The second kappa shape index (κ2) is 6.74. The molecule has 1 amide bonds. The van der Waals surface area contributed by atoms with Crippen LogP contribution >= 0.6 is 0 Å². The minimum Gasteiger partial charge on any atom is -0.497 e. The van der Waals surface area contributed by atoms with Crippen LogP contribution in [0.1, 0.15) is 17.3 Å². The number of anilines is 2. The molecule has 0 aliphatic carbocycles. The van der Waals surface area contributed by atoms with E-state index in [0.717, 1.165) is 12.2 Å². The highest BCUT2D eigenvalue weighted by atomic mass is 19.1. The lowest BCUT2D eigenvalue weighted by Gasteiger charge is -2.09. The molecule has 0 saturated heterocycles. The predicted molar refractivity (Wildman–Crippen MR) is 81.5 cm³/mol. The Morgan fingerprint density at radius 3 is 2.52 bits per heavy atom. The summed E-state index contributed by atoms with van der Waals surface area (Å²) in [5.74, 6) is -0.396. The van der Waals surface area contributed by atoms with Gasteiger partial charge in [-0.3, -0.25) is 4.79 Å². The Kier molecular flexibility index (Phi) is 4.77. The highest BCUT2D eigenvalue weighted by Crippen LogP contribution is 2.22. The van der Waals surface area contributed by atoms with Crippen molar-refractivity contribution >= 4 is 17.3 Å². The number of carbonyl (C=O) groups excluding carboxylic acids is 1. The van der Waals surface area contributed by atoms with Crippen molar-refractivity contribution in [2.24, 2.45) is 0 Å². The Morgan fingerprint density at radius 2 is 1.90 bits per heavy atom. The molecule has 0 saturated carbocycles. The van der Waals surface area contributed by atoms with E-state index in [1.54, 1.807) is 24.3 Å². The Balaban J connectivity index is 2.14. The second-order valence-corrected chi connectivity index (χ2v) is 4.41. The second-order valence-electron chi connectivity index (χ2n) is 4.41. The van der Waals surface area contributed by atoms with Crippen molar-refractivity contribution in [3.8, 4) is 5.75 Å². The van der Waals surface area contributed by atoms with Gasteiger partial charge < -0.3 is 15.4 Å². The van der Waals surface area contributed by atoms with E-state index in [2.05, 4.69) is 10.6 Å². The van der Waals surface area contributed by atoms with Gasteiger partial charge in [0, 0.05) is 23.9 Å². The Bertz CT molecular complexity index is 627. The van der Waals surface area contributed by atoms with E-state index >= 15 is 0 Å². The van der Waals surface area contributed by atoms with Crippen molar-refractivity contribution < 1.29 is 13.9 Å². The molecule has 0 aromatic heterocycles. The predicted octanol–water partition coefficient (Wildman–Crippen LogP) is 3.52. The molecule has 2 N–H and O–H groups in total. The van der Waals surface area contributed by atoms with Gasteiger partial charge in [-0.2, -0.15) is 0 Å². The molecule has 2 rings (SSSR count). The van der Waals surface area contributed by atoms with Crippen molar-refractivity contribution in [2.45, 2.75) is 6.92 Å². The van der Waals surface area contributed by atoms with Gasteiger partial charge in [0.25, 0.3) is 5.91 Å². The molecule has 0 heterocycles. The van der Waals surface area contributed by atoms with Gasteiger partial charge in [-0.05, 0) is 43.3 Å². The summed E-state index contributed by atoms with van der Waals surface area (Å²) in [6.45, 7) is 2.80. The van der Waals surface area contributed by atoms with Gasteiger partial charge in [-0.25, -0.2) is 4.39 Å². The van der Waals surface area contributed by atoms with Crippen molar-refractivity contribution in [1.29, 1.82) is 0 Å². The molecular formula is C16H17FN2O2. The minimum absolute atomic E-state index is 0.0927. The number of hydrogen-bond acceptors (Lipinski definition) is 3. The van der Waals surface area contributed by atoms with Gasteiger partial charge in [0.05, 0.1) is 12.8 Å². The van der Waals surface area contributed by atoms with Crippen LogP contribution in [0.3, 0.4) is 0 Å². The summed E-state index contributed by atoms with van der Waals surface area (Å²) >= 11 is 0. The first-order valence-corrected chi connectivity index (χ1v) is 6.63. The van der Waals surface area contributed by atoms with Crippen LogP contribution in [0, 0.1) is 5.82 Å². The van der Waals surface area contributed by atoms with E-state index in [1.807, 2.05) is 6.92 Å². The molecule has 0 atom stereocenters. The molecule has 0 unspecified atom stereocenters. The molecule has 0 aliphatic rings. The molecular weight excluding hydrogens is 271 g/mol. The highest BCUT2D eigenvalue weighted by molar-refractivity contribution is 6.04. The Labute approximate surface area is 122 Å². The fourth-order valence-electron chi connectivity index (χ4n) is 1.87. The molecule has 0 spiro atoms. The summed E-state index contributed by atoms with van der Waals surface area (Å²) in [5, 5.41) is 5.68. The zero-order valence-corrected chi connectivity index (χ0v) is 11.9. The van der Waals surface area contributed by atoms with Gasteiger partial charge in [-0.1, -0.05) is 0 Å². The maximum atomic E-state index is 13.7. The molecule has 21 heavy (non-hydrogen) atoms. The lowest BCUT2D eigenvalue weighted by Crippen LogP contribution is -2.13. The lowest BCUT2D eigenvalue weighted by atomic mass is 10.2. The molecule has 5 heteroatoms. The van der Waals surface area contributed by atoms with E-state index in [-0.39, 0.29) is 11.6 Å².